The van der Waals surface area contributed by atoms with Crippen LogP contribution in [0, 0.1) is 0 Å². The molecule has 1 aromatic rings. The van der Waals surface area contributed by atoms with Gasteiger partial charge in [0, 0.05) is 0 Å². The van der Waals surface area contributed by atoms with E-state index in [2.05, 4.69) is 12.6 Å². The molecule has 0 bridgehead atoms. The van der Waals surface area contributed by atoms with Crippen LogP contribution in [-0.2, 0) is 0 Å². The number of hydrogen-bond acceptors (Lipinski definition) is 5. The van der Waals surface area contributed by atoms with Gasteiger partial charge in [0.2, 0.25) is 0 Å². The summed E-state index contributed by atoms with van der Waals surface area (Å²) in [5.41, 5.74) is 0.597. The molecule has 0 radical (unpaired) electrons. The van der Waals surface area contributed by atoms with Gasteiger partial charge in [-0.2, -0.15) is 12.6 Å². The third-order valence-electron chi connectivity index (χ3n) is 2.10. The topological polar surface area (TPSA) is 57.5 Å². The lowest BCUT2D eigenvalue weighted by atomic mass is 10.1. The van der Waals surface area contributed by atoms with Crippen LogP contribution >= 0.6 is 24.0 Å². The first kappa shape index (κ1) is 12.7. The van der Waals surface area contributed by atoms with Gasteiger partial charge in [0.05, 0.1) is 11.0 Å². The first-order valence-electron chi connectivity index (χ1n) is 4.62. The second kappa shape index (κ2) is 5.65. The minimum Gasteiger partial charge on any atom is -0.390 e. The molecule has 15 heavy (non-hydrogen) atoms. The average Bonchev–Trinajstić information content (AvgIpc) is 2.65. The Hall–Kier alpha value is -0.360. The first-order valence-corrected chi connectivity index (χ1v) is 6.13. The standard InChI is InChI=1S/C10H14O3S2/c1-6(11)9-4-7(5-15-9)10(13)8(12)2-3-14/h4-5,8,10,12-14H,2-3H2,1H3. The van der Waals surface area contributed by atoms with Gasteiger partial charge in [-0.05, 0) is 36.1 Å². The van der Waals surface area contributed by atoms with E-state index in [1.54, 1.807) is 11.4 Å². The van der Waals surface area contributed by atoms with E-state index in [9.17, 15) is 15.0 Å². The summed E-state index contributed by atoms with van der Waals surface area (Å²) in [4.78, 5) is 11.6. The van der Waals surface area contributed by atoms with Crippen molar-refractivity contribution in [3.05, 3.63) is 21.9 Å². The fourth-order valence-electron chi connectivity index (χ4n) is 1.20. The lowest BCUT2D eigenvalue weighted by Gasteiger charge is -2.15. The maximum absolute atomic E-state index is 11.0. The zero-order valence-electron chi connectivity index (χ0n) is 8.38. The third kappa shape index (κ3) is 3.31. The predicted octanol–water partition coefficient (Wildman–Crippen LogP) is 1.66. The number of thiol groups is 1. The molecule has 0 amide bonds. The SMILES string of the molecule is CC(=O)c1cc(C(O)C(O)CCS)cs1. The molecule has 0 aliphatic carbocycles. The Labute approximate surface area is 98.2 Å². The molecule has 1 aromatic heterocycles. The van der Waals surface area contributed by atoms with Crippen LogP contribution in [0.4, 0.5) is 0 Å². The van der Waals surface area contributed by atoms with Crippen LogP contribution in [0.3, 0.4) is 0 Å². The van der Waals surface area contributed by atoms with Crippen molar-refractivity contribution in [3.63, 3.8) is 0 Å². The number of ketones is 1. The van der Waals surface area contributed by atoms with Crippen LogP contribution in [0.25, 0.3) is 0 Å². The van der Waals surface area contributed by atoms with Crippen molar-refractivity contribution >= 4 is 29.7 Å². The van der Waals surface area contributed by atoms with Crippen LogP contribution in [0.1, 0.15) is 34.7 Å². The molecule has 2 atom stereocenters. The van der Waals surface area contributed by atoms with Gasteiger partial charge in [0.15, 0.2) is 5.78 Å². The summed E-state index contributed by atoms with van der Waals surface area (Å²) < 4.78 is 0. The normalized spacial score (nSPS) is 14.9. The van der Waals surface area contributed by atoms with Crippen molar-refractivity contribution in [3.8, 4) is 0 Å². The van der Waals surface area contributed by atoms with Gasteiger partial charge >= 0.3 is 0 Å². The van der Waals surface area contributed by atoms with Gasteiger partial charge in [0.25, 0.3) is 0 Å². The molecule has 0 aromatic carbocycles. The molecule has 0 fully saturated rings. The highest BCUT2D eigenvalue weighted by Crippen LogP contribution is 2.25. The molecule has 0 spiro atoms. The van der Waals surface area contributed by atoms with Crippen molar-refractivity contribution in [1.29, 1.82) is 0 Å². The lowest BCUT2D eigenvalue weighted by molar-refractivity contribution is 0.0175. The zero-order valence-corrected chi connectivity index (χ0v) is 10.1. The van der Waals surface area contributed by atoms with E-state index < -0.39 is 12.2 Å². The summed E-state index contributed by atoms with van der Waals surface area (Å²) in [6.07, 6.45) is -1.33. The summed E-state index contributed by atoms with van der Waals surface area (Å²) in [6.45, 7) is 1.48. The molecule has 5 heteroatoms. The quantitative estimate of drug-likeness (QED) is 0.547. The molecule has 2 unspecified atom stereocenters. The molecule has 84 valence electrons. The molecule has 1 rings (SSSR count). The van der Waals surface area contributed by atoms with Crippen molar-refractivity contribution in [2.24, 2.45) is 0 Å². The highest BCUT2D eigenvalue weighted by Gasteiger charge is 2.19. The number of aliphatic hydroxyl groups is 2. The molecule has 0 aliphatic heterocycles. The minimum atomic E-state index is -0.929. The fraction of sp³-hybridized carbons (Fsp3) is 0.500. The number of hydrogen-bond donors (Lipinski definition) is 3. The van der Waals surface area contributed by atoms with Crippen molar-refractivity contribution in [2.45, 2.75) is 25.6 Å². The number of Topliss-reactive ketones (excluding diaryl/α,β-unsaturated/α-hetero) is 1. The van der Waals surface area contributed by atoms with Crippen LogP contribution < -0.4 is 0 Å². The predicted molar refractivity (Wildman–Crippen MR) is 63.8 cm³/mol. The number of thiophene rings is 1. The largest absolute Gasteiger partial charge is 0.390 e. The maximum Gasteiger partial charge on any atom is 0.169 e. The second-order valence-corrected chi connectivity index (χ2v) is 4.68. The fourth-order valence-corrected chi connectivity index (χ4v) is 2.31. The summed E-state index contributed by atoms with van der Waals surface area (Å²) in [5, 5.41) is 21.0. The van der Waals surface area contributed by atoms with Gasteiger partial charge in [0.1, 0.15) is 6.10 Å². The Bertz CT molecular complexity index is 335. The third-order valence-corrected chi connectivity index (χ3v) is 3.41. The average molecular weight is 246 g/mol. The highest BCUT2D eigenvalue weighted by atomic mass is 32.1. The Morgan fingerprint density at radius 1 is 1.60 bits per heavy atom. The van der Waals surface area contributed by atoms with Crippen LogP contribution in [0.15, 0.2) is 11.4 Å². The molecule has 0 saturated heterocycles. The Kier molecular flexibility index (Phi) is 4.79. The van der Waals surface area contributed by atoms with Crippen LogP contribution in [0.5, 0.6) is 0 Å². The van der Waals surface area contributed by atoms with Gasteiger partial charge in [-0.3, -0.25) is 4.79 Å². The molecule has 0 saturated carbocycles. The number of rotatable bonds is 5. The number of carbonyl (C=O) groups excluding carboxylic acids is 1. The van der Waals surface area contributed by atoms with Gasteiger partial charge in [-0.15, -0.1) is 11.3 Å². The van der Waals surface area contributed by atoms with E-state index in [4.69, 9.17) is 0 Å². The van der Waals surface area contributed by atoms with E-state index in [0.29, 0.717) is 22.6 Å². The van der Waals surface area contributed by atoms with E-state index >= 15 is 0 Å². The van der Waals surface area contributed by atoms with E-state index in [0.717, 1.165) is 0 Å². The van der Waals surface area contributed by atoms with Crippen LogP contribution in [-0.4, -0.2) is 27.9 Å². The van der Waals surface area contributed by atoms with Crippen molar-refractivity contribution in [1.82, 2.24) is 0 Å². The molecular weight excluding hydrogens is 232 g/mol. The van der Waals surface area contributed by atoms with E-state index in [-0.39, 0.29) is 5.78 Å². The second-order valence-electron chi connectivity index (χ2n) is 3.32. The number of aliphatic hydroxyl groups excluding tert-OH is 2. The Balaban J connectivity index is 2.73. The van der Waals surface area contributed by atoms with Gasteiger partial charge < -0.3 is 10.2 Å². The highest BCUT2D eigenvalue weighted by molar-refractivity contribution is 7.80. The summed E-state index contributed by atoms with van der Waals surface area (Å²) in [5.74, 6) is 0.490. The maximum atomic E-state index is 11.0. The monoisotopic (exact) mass is 246 g/mol. The molecule has 0 aliphatic rings. The van der Waals surface area contributed by atoms with Crippen LogP contribution in [0.2, 0.25) is 0 Å². The van der Waals surface area contributed by atoms with E-state index in [1.807, 2.05) is 0 Å². The zero-order chi connectivity index (χ0) is 11.4. The Morgan fingerprint density at radius 3 is 2.73 bits per heavy atom. The van der Waals surface area contributed by atoms with Gasteiger partial charge in [-0.1, -0.05) is 0 Å². The van der Waals surface area contributed by atoms with Crippen molar-refractivity contribution < 1.29 is 15.0 Å². The molecule has 3 nitrogen and oxygen atoms in total. The summed E-state index contributed by atoms with van der Waals surface area (Å²) >= 11 is 5.26. The summed E-state index contributed by atoms with van der Waals surface area (Å²) in [7, 11) is 0. The number of carbonyl (C=O) groups is 1. The molecule has 1 heterocycles. The summed E-state index contributed by atoms with van der Waals surface area (Å²) in [6, 6.07) is 1.62. The Morgan fingerprint density at radius 2 is 2.27 bits per heavy atom. The minimum absolute atomic E-state index is 0.0258. The lowest BCUT2D eigenvalue weighted by Crippen LogP contribution is -2.18. The van der Waals surface area contributed by atoms with Gasteiger partial charge in [-0.25, -0.2) is 0 Å². The first-order chi connectivity index (χ1) is 7.06. The smallest absolute Gasteiger partial charge is 0.169 e. The molecule has 2 N–H and O–H groups in total. The molecular formula is C10H14O3S2. The van der Waals surface area contributed by atoms with E-state index in [1.165, 1.54) is 18.3 Å². The van der Waals surface area contributed by atoms with Crippen molar-refractivity contribution in [2.75, 3.05) is 5.75 Å².